The molecule has 2 aromatic rings. The van der Waals surface area contributed by atoms with Crippen molar-refractivity contribution in [2.75, 3.05) is 11.9 Å². The van der Waals surface area contributed by atoms with Crippen molar-refractivity contribution in [3.63, 3.8) is 0 Å². The molecule has 5 nitrogen and oxygen atoms in total. The van der Waals surface area contributed by atoms with Crippen LogP contribution in [-0.2, 0) is 13.0 Å². The summed E-state index contributed by atoms with van der Waals surface area (Å²) in [5, 5.41) is 6.15. The van der Waals surface area contributed by atoms with Crippen LogP contribution in [0.1, 0.15) is 11.1 Å². The molecule has 0 spiro atoms. The maximum Gasteiger partial charge on any atom is 0.319 e. The highest BCUT2D eigenvalue weighted by molar-refractivity contribution is 6.31. The molecular formula is C15H14ClN3O2. The third kappa shape index (κ3) is 3.25. The number of benzene rings is 1. The highest BCUT2D eigenvalue weighted by atomic mass is 35.5. The van der Waals surface area contributed by atoms with Crippen molar-refractivity contribution in [3.05, 3.63) is 52.8 Å². The fourth-order valence-corrected chi connectivity index (χ4v) is 2.45. The zero-order valence-corrected chi connectivity index (χ0v) is 12.0. The second-order valence-corrected chi connectivity index (χ2v) is 5.14. The van der Waals surface area contributed by atoms with E-state index >= 15 is 0 Å². The second kappa shape index (κ2) is 6.01. The minimum atomic E-state index is -0.299. The molecule has 0 bridgehead atoms. The molecule has 2 amide bonds. The van der Waals surface area contributed by atoms with Crippen LogP contribution in [-0.4, -0.2) is 17.6 Å². The highest BCUT2D eigenvalue weighted by Gasteiger charge is 2.18. The number of ether oxygens (including phenoxy) is 1. The Hall–Kier alpha value is -2.27. The Labute approximate surface area is 127 Å². The van der Waals surface area contributed by atoms with Crippen molar-refractivity contribution in [2.45, 2.75) is 13.0 Å². The van der Waals surface area contributed by atoms with Crippen molar-refractivity contribution in [1.82, 2.24) is 10.3 Å². The molecule has 2 N–H and O–H groups in total. The lowest BCUT2D eigenvalue weighted by molar-refractivity contribution is 0.251. The van der Waals surface area contributed by atoms with Crippen LogP contribution >= 0.6 is 11.6 Å². The molecule has 6 heteroatoms. The lowest BCUT2D eigenvalue weighted by atomic mass is 10.1. The first-order chi connectivity index (χ1) is 10.2. The van der Waals surface area contributed by atoms with Crippen molar-refractivity contribution in [2.24, 2.45) is 0 Å². The average Bonchev–Trinajstić information content (AvgIpc) is 2.94. The van der Waals surface area contributed by atoms with E-state index in [-0.39, 0.29) is 6.03 Å². The van der Waals surface area contributed by atoms with Gasteiger partial charge in [-0.1, -0.05) is 11.6 Å². The van der Waals surface area contributed by atoms with Gasteiger partial charge in [-0.25, -0.2) is 4.79 Å². The Morgan fingerprint density at radius 2 is 2.14 bits per heavy atom. The monoisotopic (exact) mass is 303 g/mol. The van der Waals surface area contributed by atoms with Crippen LogP contribution in [0, 0.1) is 0 Å². The fourth-order valence-electron chi connectivity index (χ4n) is 2.21. The molecule has 21 heavy (non-hydrogen) atoms. The molecule has 1 aromatic carbocycles. The molecule has 0 saturated heterocycles. The Kier molecular flexibility index (Phi) is 3.92. The normalized spacial score (nSPS) is 12.4. The number of carbonyl (C=O) groups excluding carboxylic acids is 1. The van der Waals surface area contributed by atoms with E-state index in [1.54, 1.807) is 18.5 Å². The van der Waals surface area contributed by atoms with Crippen LogP contribution in [0.15, 0.2) is 36.7 Å². The molecule has 0 aliphatic carbocycles. The number of nitrogens with one attached hydrogen (secondary N) is 2. The zero-order valence-electron chi connectivity index (χ0n) is 11.2. The first-order valence-electron chi connectivity index (χ1n) is 6.61. The first kappa shape index (κ1) is 13.7. The van der Waals surface area contributed by atoms with Crippen LogP contribution < -0.4 is 15.4 Å². The van der Waals surface area contributed by atoms with Gasteiger partial charge in [0, 0.05) is 35.9 Å². The number of hydrogen-bond acceptors (Lipinski definition) is 3. The second-order valence-electron chi connectivity index (χ2n) is 4.70. The molecule has 1 aliphatic heterocycles. The van der Waals surface area contributed by atoms with Crippen LogP contribution in [0.2, 0.25) is 5.02 Å². The number of fused-ring (bicyclic) bond motifs is 1. The number of aromatic nitrogens is 1. The van der Waals surface area contributed by atoms with Gasteiger partial charge in [-0.15, -0.1) is 0 Å². The van der Waals surface area contributed by atoms with Crippen molar-refractivity contribution in [1.29, 1.82) is 0 Å². The van der Waals surface area contributed by atoms with Gasteiger partial charge in [0.05, 0.1) is 12.3 Å². The number of hydrogen-bond donors (Lipinski definition) is 2. The summed E-state index contributed by atoms with van der Waals surface area (Å²) in [7, 11) is 0. The van der Waals surface area contributed by atoms with E-state index in [4.69, 9.17) is 16.3 Å². The van der Waals surface area contributed by atoms with Gasteiger partial charge < -0.3 is 15.4 Å². The van der Waals surface area contributed by atoms with Crippen molar-refractivity contribution in [3.8, 4) is 5.75 Å². The van der Waals surface area contributed by atoms with Crippen LogP contribution in [0.4, 0.5) is 10.5 Å². The number of urea groups is 1. The molecule has 0 radical (unpaired) electrons. The molecule has 0 fully saturated rings. The van der Waals surface area contributed by atoms with Crippen LogP contribution in [0.5, 0.6) is 5.75 Å². The summed E-state index contributed by atoms with van der Waals surface area (Å²) in [6.45, 7) is 1.04. The maximum absolute atomic E-state index is 12.0. The molecule has 3 rings (SSSR count). The van der Waals surface area contributed by atoms with Gasteiger partial charge in [0.1, 0.15) is 5.75 Å². The average molecular weight is 304 g/mol. The number of halogens is 1. The largest absolute Gasteiger partial charge is 0.491 e. The Bertz CT molecular complexity index is 661. The number of carbonyl (C=O) groups is 1. The minimum absolute atomic E-state index is 0.299. The van der Waals surface area contributed by atoms with Gasteiger partial charge in [-0.05, 0) is 29.8 Å². The lowest BCUT2D eigenvalue weighted by Gasteiger charge is -2.11. The van der Waals surface area contributed by atoms with Gasteiger partial charge in [0.25, 0.3) is 0 Å². The number of pyridine rings is 1. The van der Waals surface area contributed by atoms with E-state index in [0.29, 0.717) is 29.6 Å². The standard InChI is InChI=1S/C15H14ClN3O2/c16-12-7-11-3-6-21-14(11)13(8-12)19-15(20)18-9-10-1-4-17-5-2-10/h1-2,4-5,7-8H,3,6,9H2,(H2,18,19,20). The van der Waals surface area contributed by atoms with E-state index in [0.717, 1.165) is 17.5 Å². The minimum Gasteiger partial charge on any atom is -0.491 e. The third-order valence-electron chi connectivity index (χ3n) is 3.20. The molecule has 1 aliphatic rings. The Balaban J connectivity index is 1.65. The molecular weight excluding hydrogens is 290 g/mol. The molecule has 0 atom stereocenters. The summed E-state index contributed by atoms with van der Waals surface area (Å²) in [4.78, 5) is 15.9. The first-order valence-corrected chi connectivity index (χ1v) is 6.99. The van der Waals surface area contributed by atoms with Gasteiger partial charge in [-0.3, -0.25) is 4.98 Å². The molecule has 0 saturated carbocycles. The van der Waals surface area contributed by atoms with E-state index in [9.17, 15) is 4.79 Å². The number of nitrogens with zero attached hydrogens (tertiary/aromatic N) is 1. The smallest absolute Gasteiger partial charge is 0.319 e. The number of amides is 2. The van der Waals surface area contributed by atoms with Gasteiger partial charge >= 0.3 is 6.03 Å². The molecule has 2 heterocycles. The summed E-state index contributed by atoms with van der Waals surface area (Å²) >= 11 is 6.05. The van der Waals surface area contributed by atoms with E-state index in [1.807, 2.05) is 18.2 Å². The number of anilines is 1. The quantitative estimate of drug-likeness (QED) is 0.916. The fraction of sp³-hybridized carbons (Fsp3) is 0.200. The lowest BCUT2D eigenvalue weighted by Crippen LogP contribution is -2.28. The van der Waals surface area contributed by atoms with Gasteiger partial charge in [0.15, 0.2) is 0 Å². The predicted octanol–water partition coefficient (Wildman–Crippen LogP) is 2.99. The number of rotatable bonds is 3. The highest BCUT2D eigenvalue weighted by Crippen LogP contribution is 2.36. The summed E-state index contributed by atoms with van der Waals surface area (Å²) in [6.07, 6.45) is 4.18. The molecule has 0 unspecified atom stereocenters. The van der Waals surface area contributed by atoms with E-state index in [2.05, 4.69) is 15.6 Å². The SMILES string of the molecule is O=C(NCc1ccncc1)Nc1cc(Cl)cc2c1OCC2. The van der Waals surface area contributed by atoms with Crippen LogP contribution in [0.25, 0.3) is 0 Å². The van der Waals surface area contributed by atoms with Gasteiger partial charge in [0.2, 0.25) is 0 Å². The Morgan fingerprint density at radius 3 is 2.95 bits per heavy atom. The summed E-state index contributed by atoms with van der Waals surface area (Å²) in [6, 6.07) is 6.95. The van der Waals surface area contributed by atoms with Crippen molar-refractivity contribution < 1.29 is 9.53 Å². The summed E-state index contributed by atoms with van der Waals surface area (Å²) in [5.41, 5.74) is 2.60. The Morgan fingerprint density at radius 1 is 1.33 bits per heavy atom. The zero-order chi connectivity index (χ0) is 14.7. The predicted molar refractivity (Wildman–Crippen MR) is 80.7 cm³/mol. The topological polar surface area (TPSA) is 63.2 Å². The maximum atomic E-state index is 12.0. The summed E-state index contributed by atoms with van der Waals surface area (Å²) in [5.74, 6) is 0.707. The van der Waals surface area contributed by atoms with Crippen molar-refractivity contribution >= 4 is 23.3 Å². The van der Waals surface area contributed by atoms with Crippen LogP contribution in [0.3, 0.4) is 0 Å². The molecule has 108 valence electrons. The van der Waals surface area contributed by atoms with E-state index in [1.165, 1.54) is 0 Å². The third-order valence-corrected chi connectivity index (χ3v) is 3.42. The summed E-state index contributed by atoms with van der Waals surface area (Å²) < 4.78 is 5.54. The van der Waals surface area contributed by atoms with Gasteiger partial charge in [-0.2, -0.15) is 0 Å². The van der Waals surface area contributed by atoms with E-state index < -0.39 is 0 Å². The molecule has 1 aromatic heterocycles.